The number of halogens is 1. The average molecular weight is 358 g/mol. The van der Waals surface area contributed by atoms with Gasteiger partial charge in [0.25, 0.3) is 0 Å². The Morgan fingerprint density at radius 1 is 0.917 bits per heavy atom. The Kier molecular flexibility index (Phi) is 5.00. The Morgan fingerprint density at radius 3 is 2.38 bits per heavy atom. The molecule has 0 aliphatic heterocycles. The molecule has 0 radical (unpaired) electrons. The first-order valence-electron chi connectivity index (χ1n) is 7.43. The maximum Gasteiger partial charge on any atom is 0.234 e. The zero-order chi connectivity index (χ0) is 17.0. The van der Waals surface area contributed by atoms with Crippen LogP contribution in [0.4, 0.5) is 0 Å². The van der Waals surface area contributed by atoms with E-state index in [0.717, 1.165) is 27.3 Å². The summed E-state index contributed by atoms with van der Waals surface area (Å²) in [5.41, 5.74) is 1.69. The molecule has 3 nitrogen and oxygen atoms in total. The van der Waals surface area contributed by atoms with Crippen molar-refractivity contribution < 1.29 is 8.42 Å². The standard InChI is InChI=1S/C19H16ClNO2S/c20-19-9-6-15(7-10-19)11-12-24(22,23)21-14-16-5-8-17-3-1-2-4-18(17)13-16/h1-13,21H,14H2. The van der Waals surface area contributed by atoms with Crippen LogP contribution in [0.25, 0.3) is 16.8 Å². The van der Waals surface area contributed by atoms with Crippen LogP contribution in [0.1, 0.15) is 11.1 Å². The lowest BCUT2D eigenvalue weighted by molar-refractivity contribution is 0.591. The summed E-state index contributed by atoms with van der Waals surface area (Å²) in [7, 11) is -3.50. The summed E-state index contributed by atoms with van der Waals surface area (Å²) in [6.45, 7) is 0.248. The van der Waals surface area contributed by atoms with Crippen molar-refractivity contribution in [3.8, 4) is 0 Å². The molecule has 0 aliphatic carbocycles. The van der Waals surface area contributed by atoms with Crippen LogP contribution < -0.4 is 4.72 Å². The molecule has 3 aromatic carbocycles. The number of benzene rings is 3. The lowest BCUT2D eigenvalue weighted by Gasteiger charge is -2.05. The third-order valence-electron chi connectivity index (χ3n) is 3.60. The summed E-state index contributed by atoms with van der Waals surface area (Å²) in [6.07, 6.45) is 1.54. The molecule has 0 atom stereocenters. The van der Waals surface area contributed by atoms with E-state index in [1.165, 1.54) is 0 Å². The number of sulfonamides is 1. The molecule has 0 bridgehead atoms. The number of rotatable bonds is 5. The zero-order valence-electron chi connectivity index (χ0n) is 12.8. The van der Waals surface area contributed by atoms with Crippen LogP contribution in [-0.4, -0.2) is 8.42 Å². The highest BCUT2D eigenvalue weighted by Crippen LogP contribution is 2.16. The molecule has 0 fully saturated rings. The largest absolute Gasteiger partial charge is 0.234 e. The molecule has 0 saturated carbocycles. The summed E-state index contributed by atoms with van der Waals surface area (Å²) in [4.78, 5) is 0. The van der Waals surface area contributed by atoms with Gasteiger partial charge in [-0.3, -0.25) is 0 Å². The molecule has 0 amide bonds. The molecule has 0 unspecified atom stereocenters. The Hall–Kier alpha value is -2.14. The third-order valence-corrected chi connectivity index (χ3v) is 4.89. The Labute approximate surface area is 146 Å². The van der Waals surface area contributed by atoms with Gasteiger partial charge in [0.05, 0.1) is 0 Å². The van der Waals surface area contributed by atoms with Gasteiger partial charge in [-0.05, 0) is 46.2 Å². The first-order valence-corrected chi connectivity index (χ1v) is 9.35. The van der Waals surface area contributed by atoms with E-state index in [1.54, 1.807) is 30.3 Å². The second-order valence-electron chi connectivity index (χ2n) is 5.40. The summed E-state index contributed by atoms with van der Waals surface area (Å²) < 4.78 is 26.7. The van der Waals surface area contributed by atoms with Crippen molar-refractivity contribution in [1.29, 1.82) is 0 Å². The Balaban J connectivity index is 1.68. The van der Waals surface area contributed by atoms with Gasteiger partial charge in [-0.2, -0.15) is 0 Å². The lowest BCUT2D eigenvalue weighted by atomic mass is 10.1. The quantitative estimate of drug-likeness (QED) is 0.726. The van der Waals surface area contributed by atoms with Crippen LogP contribution >= 0.6 is 11.6 Å². The molecule has 0 heterocycles. The van der Waals surface area contributed by atoms with Gasteiger partial charge in [-0.25, -0.2) is 13.1 Å². The molecule has 0 spiro atoms. The van der Waals surface area contributed by atoms with E-state index in [9.17, 15) is 8.42 Å². The Bertz CT molecular complexity index is 980. The molecule has 0 aromatic heterocycles. The SMILES string of the molecule is O=S(=O)(C=Cc1ccc(Cl)cc1)NCc1ccc2ccccc2c1. The van der Waals surface area contributed by atoms with Crippen LogP contribution in [0, 0.1) is 0 Å². The molecule has 5 heteroatoms. The van der Waals surface area contributed by atoms with Crippen molar-refractivity contribution in [2.45, 2.75) is 6.54 Å². The van der Waals surface area contributed by atoms with E-state index in [-0.39, 0.29) is 6.54 Å². The van der Waals surface area contributed by atoms with Crippen LogP contribution in [0.3, 0.4) is 0 Å². The molecular weight excluding hydrogens is 342 g/mol. The highest BCUT2D eigenvalue weighted by Gasteiger charge is 2.05. The number of fused-ring (bicyclic) bond motifs is 1. The minimum Gasteiger partial charge on any atom is -0.208 e. The summed E-state index contributed by atoms with van der Waals surface area (Å²) in [6, 6.07) is 20.8. The highest BCUT2D eigenvalue weighted by molar-refractivity contribution is 7.92. The molecule has 0 saturated heterocycles. The maximum atomic E-state index is 12.1. The van der Waals surface area contributed by atoms with Crippen molar-refractivity contribution in [2.24, 2.45) is 0 Å². The van der Waals surface area contributed by atoms with Crippen LogP contribution in [0.2, 0.25) is 5.02 Å². The molecule has 3 aromatic rings. The average Bonchev–Trinajstić information content (AvgIpc) is 2.59. The maximum absolute atomic E-state index is 12.1. The first-order chi connectivity index (χ1) is 11.5. The predicted molar refractivity (Wildman–Crippen MR) is 100 cm³/mol. The van der Waals surface area contributed by atoms with Crippen molar-refractivity contribution >= 4 is 38.5 Å². The molecule has 3 rings (SSSR count). The van der Waals surface area contributed by atoms with Crippen molar-refractivity contribution in [3.63, 3.8) is 0 Å². The van der Waals surface area contributed by atoms with E-state index in [2.05, 4.69) is 4.72 Å². The van der Waals surface area contributed by atoms with Crippen molar-refractivity contribution in [1.82, 2.24) is 4.72 Å². The van der Waals surface area contributed by atoms with Gasteiger partial charge >= 0.3 is 0 Å². The van der Waals surface area contributed by atoms with Crippen LogP contribution in [0.5, 0.6) is 0 Å². The van der Waals surface area contributed by atoms with Gasteiger partial charge in [0.2, 0.25) is 10.0 Å². The minimum atomic E-state index is -3.50. The fraction of sp³-hybridized carbons (Fsp3) is 0.0526. The second-order valence-corrected chi connectivity index (χ2v) is 7.49. The van der Waals surface area contributed by atoms with Gasteiger partial charge in [0, 0.05) is 17.0 Å². The van der Waals surface area contributed by atoms with E-state index < -0.39 is 10.0 Å². The summed E-state index contributed by atoms with van der Waals surface area (Å²) in [5, 5.41) is 4.00. The number of hydrogen-bond donors (Lipinski definition) is 1. The van der Waals surface area contributed by atoms with Crippen LogP contribution in [0.15, 0.2) is 72.1 Å². The minimum absolute atomic E-state index is 0.248. The molecule has 0 aliphatic rings. The summed E-state index contributed by atoms with van der Waals surface area (Å²) in [5.74, 6) is 0. The Morgan fingerprint density at radius 2 is 1.62 bits per heavy atom. The summed E-state index contributed by atoms with van der Waals surface area (Å²) >= 11 is 5.81. The van der Waals surface area contributed by atoms with Gasteiger partial charge in [-0.15, -0.1) is 0 Å². The lowest BCUT2D eigenvalue weighted by Crippen LogP contribution is -2.20. The van der Waals surface area contributed by atoms with Crippen molar-refractivity contribution in [3.05, 3.63) is 88.3 Å². The van der Waals surface area contributed by atoms with Gasteiger partial charge < -0.3 is 0 Å². The highest BCUT2D eigenvalue weighted by atomic mass is 35.5. The fourth-order valence-electron chi connectivity index (χ4n) is 2.32. The van der Waals surface area contributed by atoms with E-state index in [4.69, 9.17) is 11.6 Å². The molecule has 122 valence electrons. The van der Waals surface area contributed by atoms with Crippen molar-refractivity contribution in [2.75, 3.05) is 0 Å². The first kappa shape index (κ1) is 16.7. The van der Waals surface area contributed by atoms with Gasteiger partial charge in [-0.1, -0.05) is 60.1 Å². The molecule has 1 N–H and O–H groups in total. The third kappa shape index (κ3) is 4.45. The molecule has 24 heavy (non-hydrogen) atoms. The van der Waals surface area contributed by atoms with E-state index in [0.29, 0.717) is 5.02 Å². The monoisotopic (exact) mass is 357 g/mol. The van der Waals surface area contributed by atoms with E-state index >= 15 is 0 Å². The molecular formula is C19H16ClNO2S. The number of hydrogen-bond acceptors (Lipinski definition) is 2. The van der Waals surface area contributed by atoms with Crippen LogP contribution in [-0.2, 0) is 16.6 Å². The normalized spacial score (nSPS) is 12.0. The smallest absolute Gasteiger partial charge is 0.208 e. The van der Waals surface area contributed by atoms with Gasteiger partial charge in [0.15, 0.2) is 0 Å². The topological polar surface area (TPSA) is 46.2 Å². The number of nitrogens with one attached hydrogen (secondary N) is 1. The second kappa shape index (κ2) is 7.18. The fourth-order valence-corrected chi connectivity index (χ4v) is 3.25. The van der Waals surface area contributed by atoms with E-state index in [1.807, 2.05) is 42.5 Å². The van der Waals surface area contributed by atoms with Gasteiger partial charge in [0.1, 0.15) is 0 Å². The predicted octanol–water partition coefficient (Wildman–Crippen LogP) is 4.58. The zero-order valence-corrected chi connectivity index (χ0v) is 14.4.